The van der Waals surface area contributed by atoms with Crippen LogP contribution in [0, 0.1) is 6.92 Å². The molecule has 1 fully saturated rings. The van der Waals surface area contributed by atoms with Crippen molar-refractivity contribution in [2.75, 3.05) is 5.75 Å². The number of carbonyl (C=O) groups excluding carboxylic acids is 2. The van der Waals surface area contributed by atoms with Gasteiger partial charge in [0.25, 0.3) is 0 Å². The van der Waals surface area contributed by atoms with E-state index in [1.54, 1.807) is 16.7 Å². The number of nitrogens with one attached hydrogen (secondary N) is 1. The minimum absolute atomic E-state index is 0.00812. The van der Waals surface area contributed by atoms with Crippen molar-refractivity contribution in [1.29, 1.82) is 0 Å². The SMILES string of the molecule is Cc1ccccc1CSCC(=O)N(Cc1ccc(Br)cc1)[C@@H](Cc1ccccc1)C(=O)NC1CCCCC1. The molecular formula is C32H37BrN2O2S. The van der Waals surface area contributed by atoms with Crippen LogP contribution in [-0.2, 0) is 28.3 Å². The van der Waals surface area contributed by atoms with Gasteiger partial charge in [0.05, 0.1) is 5.75 Å². The van der Waals surface area contributed by atoms with Gasteiger partial charge in [-0.05, 0) is 54.2 Å². The second-order valence-electron chi connectivity index (χ2n) is 10.1. The first-order valence-electron chi connectivity index (χ1n) is 13.5. The number of thioether (sulfide) groups is 1. The van der Waals surface area contributed by atoms with Gasteiger partial charge in [-0.3, -0.25) is 9.59 Å². The smallest absolute Gasteiger partial charge is 0.243 e. The predicted octanol–water partition coefficient (Wildman–Crippen LogP) is 7.08. The molecule has 0 radical (unpaired) electrons. The number of rotatable bonds is 11. The second-order valence-corrected chi connectivity index (χ2v) is 12.0. The van der Waals surface area contributed by atoms with Crippen molar-refractivity contribution in [3.63, 3.8) is 0 Å². The second kappa shape index (κ2) is 14.5. The molecule has 1 aliphatic rings. The lowest BCUT2D eigenvalue weighted by Crippen LogP contribution is -2.53. The van der Waals surface area contributed by atoms with Crippen molar-refractivity contribution in [2.45, 2.75) is 69.8 Å². The lowest BCUT2D eigenvalue weighted by molar-refractivity contribution is -0.139. The molecule has 0 spiro atoms. The number of hydrogen-bond donors (Lipinski definition) is 1. The summed E-state index contributed by atoms with van der Waals surface area (Å²) in [6.45, 7) is 2.50. The topological polar surface area (TPSA) is 49.4 Å². The minimum atomic E-state index is -0.575. The highest BCUT2D eigenvalue weighted by molar-refractivity contribution is 9.10. The van der Waals surface area contributed by atoms with E-state index < -0.39 is 6.04 Å². The van der Waals surface area contributed by atoms with E-state index in [9.17, 15) is 9.59 Å². The molecule has 0 aliphatic heterocycles. The van der Waals surface area contributed by atoms with Gasteiger partial charge in [0, 0.05) is 29.2 Å². The molecular weight excluding hydrogens is 556 g/mol. The van der Waals surface area contributed by atoms with Crippen LogP contribution >= 0.6 is 27.7 Å². The fourth-order valence-electron chi connectivity index (χ4n) is 4.99. The van der Waals surface area contributed by atoms with Crippen LogP contribution in [0.1, 0.15) is 54.4 Å². The first-order valence-corrected chi connectivity index (χ1v) is 15.4. The van der Waals surface area contributed by atoms with Gasteiger partial charge < -0.3 is 10.2 Å². The molecule has 1 N–H and O–H groups in total. The number of benzene rings is 3. The zero-order chi connectivity index (χ0) is 26.7. The van der Waals surface area contributed by atoms with Crippen LogP contribution in [0.25, 0.3) is 0 Å². The summed E-state index contributed by atoms with van der Waals surface area (Å²) in [5, 5.41) is 3.31. The summed E-state index contributed by atoms with van der Waals surface area (Å²) in [7, 11) is 0. The Kier molecular flexibility index (Phi) is 10.9. The molecule has 3 aromatic rings. The van der Waals surface area contributed by atoms with E-state index in [0.29, 0.717) is 18.7 Å². The molecule has 0 unspecified atom stereocenters. The van der Waals surface area contributed by atoms with E-state index in [1.807, 2.05) is 66.7 Å². The largest absolute Gasteiger partial charge is 0.352 e. The average Bonchev–Trinajstić information content (AvgIpc) is 2.94. The highest BCUT2D eigenvalue weighted by Crippen LogP contribution is 2.22. The maximum Gasteiger partial charge on any atom is 0.243 e. The van der Waals surface area contributed by atoms with E-state index in [-0.39, 0.29) is 17.9 Å². The molecule has 2 amide bonds. The number of amides is 2. The number of carbonyl (C=O) groups is 2. The first-order chi connectivity index (χ1) is 18.5. The van der Waals surface area contributed by atoms with Gasteiger partial charge in [0.1, 0.15) is 6.04 Å². The van der Waals surface area contributed by atoms with E-state index in [4.69, 9.17) is 0 Å². The van der Waals surface area contributed by atoms with Crippen LogP contribution in [0.3, 0.4) is 0 Å². The molecule has 6 heteroatoms. The summed E-state index contributed by atoms with van der Waals surface area (Å²) in [6.07, 6.45) is 6.03. The fourth-order valence-corrected chi connectivity index (χ4v) is 6.24. The van der Waals surface area contributed by atoms with Crippen molar-refractivity contribution >= 4 is 39.5 Å². The molecule has 4 rings (SSSR count). The molecule has 0 aromatic heterocycles. The molecule has 1 aliphatic carbocycles. The summed E-state index contributed by atoms with van der Waals surface area (Å²) in [5.41, 5.74) is 4.53. The first kappa shape index (κ1) is 28.4. The predicted molar refractivity (Wildman–Crippen MR) is 161 cm³/mol. The number of hydrogen-bond acceptors (Lipinski definition) is 3. The molecule has 38 heavy (non-hydrogen) atoms. The van der Waals surface area contributed by atoms with Gasteiger partial charge in [0.15, 0.2) is 0 Å². The lowest BCUT2D eigenvalue weighted by Gasteiger charge is -2.33. The summed E-state index contributed by atoms with van der Waals surface area (Å²) in [4.78, 5) is 29.5. The van der Waals surface area contributed by atoms with Crippen LogP contribution in [0.15, 0.2) is 83.3 Å². The molecule has 0 bridgehead atoms. The number of aryl methyl sites for hydroxylation is 1. The normalized spacial score (nSPS) is 14.6. The van der Waals surface area contributed by atoms with Crippen LogP contribution < -0.4 is 5.32 Å². The van der Waals surface area contributed by atoms with E-state index in [2.05, 4.69) is 40.3 Å². The Morgan fingerprint density at radius 1 is 0.921 bits per heavy atom. The molecule has 4 nitrogen and oxygen atoms in total. The molecule has 0 heterocycles. The lowest BCUT2D eigenvalue weighted by atomic mass is 9.94. The van der Waals surface area contributed by atoms with Gasteiger partial charge in [-0.1, -0.05) is 102 Å². The van der Waals surface area contributed by atoms with Crippen molar-refractivity contribution in [2.24, 2.45) is 0 Å². The Hall–Kier alpha value is -2.57. The Labute approximate surface area is 239 Å². The maximum atomic E-state index is 13.8. The van der Waals surface area contributed by atoms with Crippen LogP contribution in [0.5, 0.6) is 0 Å². The van der Waals surface area contributed by atoms with Gasteiger partial charge >= 0.3 is 0 Å². The van der Waals surface area contributed by atoms with Crippen molar-refractivity contribution in [1.82, 2.24) is 10.2 Å². The minimum Gasteiger partial charge on any atom is -0.352 e. The average molecular weight is 594 g/mol. The quantitative estimate of drug-likeness (QED) is 0.259. The summed E-state index contributed by atoms with van der Waals surface area (Å²) in [5.74, 6) is 1.04. The van der Waals surface area contributed by atoms with E-state index in [1.165, 1.54) is 17.5 Å². The van der Waals surface area contributed by atoms with E-state index in [0.717, 1.165) is 47.0 Å². The van der Waals surface area contributed by atoms with Crippen LogP contribution in [-0.4, -0.2) is 34.6 Å². The third kappa shape index (κ3) is 8.47. The Balaban J connectivity index is 1.56. The molecule has 200 valence electrons. The number of nitrogens with zero attached hydrogens (tertiary/aromatic N) is 1. The van der Waals surface area contributed by atoms with Crippen molar-refractivity contribution in [3.05, 3.63) is 106 Å². The Morgan fingerprint density at radius 2 is 1.61 bits per heavy atom. The van der Waals surface area contributed by atoms with Gasteiger partial charge in [0.2, 0.25) is 11.8 Å². The van der Waals surface area contributed by atoms with Gasteiger partial charge in [-0.2, -0.15) is 0 Å². The van der Waals surface area contributed by atoms with Crippen LogP contribution in [0.4, 0.5) is 0 Å². The third-order valence-corrected chi connectivity index (χ3v) is 8.73. The van der Waals surface area contributed by atoms with Crippen LogP contribution in [0.2, 0.25) is 0 Å². The Bertz CT molecular complexity index is 1180. The van der Waals surface area contributed by atoms with Crippen molar-refractivity contribution in [3.8, 4) is 0 Å². The van der Waals surface area contributed by atoms with E-state index >= 15 is 0 Å². The maximum absolute atomic E-state index is 13.8. The monoisotopic (exact) mass is 592 g/mol. The molecule has 1 atom stereocenters. The summed E-state index contributed by atoms with van der Waals surface area (Å²) >= 11 is 5.12. The zero-order valence-corrected chi connectivity index (χ0v) is 24.5. The Morgan fingerprint density at radius 3 is 2.32 bits per heavy atom. The van der Waals surface area contributed by atoms with Crippen molar-refractivity contribution < 1.29 is 9.59 Å². The highest BCUT2D eigenvalue weighted by Gasteiger charge is 2.31. The summed E-state index contributed by atoms with van der Waals surface area (Å²) < 4.78 is 0.990. The zero-order valence-electron chi connectivity index (χ0n) is 22.1. The molecule has 0 saturated heterocycles. The highest BCUT2D eigenvalue weighted by atomic mass is 79.9. The van der Waals surface area contributed by atoms with Gasteiger partial charge in [-0.15, -0.1) is 11.8 Å². The summed E-state index contributed by atoms with van der Waals surface area (Å²) in [6, 6.07) is 25.9. The third-order valence-electron chi connectivity index (χ3n) is 7.23. The van der Waals surface area contributed by atoms with Gasteiger partial charge in [-0.25, -0.2) is 0 Å². The standard InChI is InChI=1S/C32H37BrN2O2S/c1-24-10-8-9-13-27(24)22-38-23-31(36)35(21-26-16-18-28(33)19-17-26)30(20-25-11-4-2-5-12-25)32(37)34-29-14-6-3-7-15-29/h2,4-5,8-13,16-19,29-30H,3,6-7,14-15,20-23H2,1H3,(H,34,37)/t30-/m0/s1. The molecule has 3 aromatic carbocycles. The fraction of sp³-hybridized carbons (Fsp3) is 0.375. The molecule has 1 saturated carbocycles. The number of halogens is 1.